The van der Waals surface area contributed by atoms with Crippen LogP contribution in [0.1, 0.15) is 38.2 Å². The van der Waals surface area contributed by atoms with Crippen molar-refractivity contribution < 1.29 is 36.5 Å². The molecule has 13 heteroatoms. The molecule has 1 atom stereocenters. The van der Waals surface area contributed by atoms with Crippen molar-refractivity contribution in [1.82, 2.24) is 14.9 Å². The number of aliphatic hydroxyl groups is 1. The van der Waals surface area contributed by atoms with Gasteiger partial charge in [0.15, 0.2) is 5.82 Å². The Morgan fingerprint density at radius 1 is 1.21 bits per heavy atom. The number of hydrogen-bond acceptors (Lipinski definition) is 7. The molecule has 0 spiro atoms. The fourth-order valence-corrected chi connectivity index (χ4v) is 5.67. The predicted molar refractivity (Wildman–Crippen MR) is 134 cm³/mol. The van der Waals surface area contributed by atoms with Gasteiger partial charge in [0.25, 0.3) is 0 Å². The van der Waals surface area contributed by atoms with Crippen LogP contribution in [0.2, 0.25) is 0 Å². The lowest BCUT2D eigenvalue weighted by molar-refractivity contribution is -0.138. The van der Waals surface area contributed by atoms with E-state index in [1.165, 1.54) is 0 Å². The molecule has 1 saturated carbocycles. The maximum absolute atomic E-state index is 15.4. The highest BCUT2D eigenvalue weighted by Gasteiger charge is 2.45. The highest BCUT2D eigenvalue weighted by molar-refractivity contribution is 9.10. The quantitative estimate of drug-likeness (QED) is 0.475. The third-order valence-electron chi connectivity index (χ3n) is 7.43. The summed E-state index contributed by atoms with van der Waals surface area (Å²) in [6.07, 6.45) is -2.76. The van der Waals surface area contributed by atoms with Gasteiger partial charge in [-0.3, -0.25) is 0 Å². The summed E-state index contributed by atoms with van der Waals surface area (Å²) < 4.78 is 80.7. The third kappa shape index (κ3) is 6.00. The minimum Gasteiger partial charge on any atom is -0.463 e. The topological polar surface area (TPSA) is 71.0 Å². The van der Waals surface area contributed by atoms with Gasteiger partial charge in [0.05, 0.1) is 36.4 Å². The Morgan fingerprint density at radius 3 is 2.58 bits per heavy atom. The fraction of sp³-hybridized carbons (Fsp3) is 0.680. The first-order chi connectivity index (χ1) is 17.9. The molecule has 2 aromatic rings. The maximum Gasteiger partial charge on any atom is 0.417 e. The second kappa shape index (κ2) is 10.3. The van der Waals surface area contributed by atoms with Crippen molar-refractivity contribution >= 4 is 32.7 Å². The van der Waals surface area contributed by atoms with Crippen LogP contribution in [-0.2, 0) is 10.9 Å². The van der Waals surface area contributed by atoms with Crippen LogP contribution in [0.5, 0.6) is 6.01 Å². The van der Waals surface area contributed by atoms with Gasteiger partial charge in [0.2, 0.25) is 0 Å². The number of anilines is 1. The summed E-state index contributed by atoms with van der Waals surface area (Å²) in [7, 11) is 0. The van der Waals surface area contributed by atoms with Crippen molar-refractivity contribution in [1.29, 1.82) is 0 Å². The molecule has 1 unspecified atom stereocenters. The number of benzene rings is 1. The molecule has 38 heavy (non-hydrogen) atoms. The Bertz CT molecular complexity index is 1190. The van der Waals surface area contributed by atoms with Gasteiger partial charge in [-0.2, -0.15) is 23.1 Å². The van der Waals surface area contributed by atoms with Crippen molar-refractivity contribution in [3.8, 4) is 6.01 Å². The number of piperidine rings is 1. The standard InChI is InChI=1S/C25H30BrF5N4O3/c1-23(36)11-35(8-9-37-13-23)21-16-10-17(25(29,30)31)18(26)19(28)20(16)32-22(33-21)38-14-24(4-5-24)12-34-6-2-15(27)3-7-34/h10,15,36H,2-9,11-14H2,1H3. The second-order valence-corrected chi connectivity index (χ2v) is 11.8. The molecule has 0 bridgehead atoms. The molecule has 3 aliphatic rings. The summed E-state index contributed by atoms with van der Waals surface area (Å²) in [4.78, 5) is 12.4. The van der Waals surface area contributed by atoms with Gasteiger partial charge in [-0.05, 0) is 54.6 Å². The van der Waals surface area contributed by atoms with Crippen LogP contribution >= 0.6 is 15.9 Å². The molecule has 3 fully saturated rings. The van der Waals surface area contributed by atoms with E-state index in [2.05, 4.69) is 30.8 Å². The summed E-state index contributed by atoms with van der Waals surface area (Å²) in [5.41, 5.74) is -2.96. The van der Waals surface area contributed by atoms with Crippen molar-refractivity contribution in [2.75, 3.05) is 57.4 Å². The number of rotatable bonds is 6. The molecule has 1 aromatic carbocycles. The highest BCUT2D eigenvalue weighted by Crippen LogP contribution is 2.47. The van der Waals surface area contributed by atoms with E-state index >= 15 is 4.39 Å². The summed E-state index contributed by atoms with van der Waals surface area (Å²) in [6, 6.07) is 0.662. The Kier molecular flexibility index (Phi) is 7.51. The van der Waals surface area contributed by atoms with Gasteiger partial charge in [0.1, 0.15) is 23.1 Å². The second-order valence-electron chi connectivity index (χ2n) is 11.0. The molecular weight excluding hydrogens is 579 g/mol. The molecule has 3 heterocycles. The predicted octanol–water partition coefficient (Wildman–Crippen LogP) is 4.73. The fourth-order valence-electron chi connectivity index (χ4n) is 5.14. The van der Waals surface area contributed by atoms with Crippen LogP contribution < -0.4 is 9.64 Å². The first-order valence-electron chi connectivity index (χ1n) is 12.7. The summed E-state index contributed by atoms with van der Waals surface area (Å²) in [5, 5.41) is 10.5. The number of likely N-dealkylation sites (tertiary alicyclic amines) is 1. The largest absolute Gasteiger partial charge is 0.463 e. The summed E-state index contributed by atoms with van der Waals surface area (Å²) in [6.45, 7) is 4.34. The lowest BCUT2D eigenvalue weighted by atomic mass is 10.0. The molecule has 0 radical (unpaired) electrons. The molecular formula is C25H30BrF5N4O3. The SMILES string of the molecule is CC1(O)COCCN(c2nc(OCC3(CN4CCC(F)CC4)CC3)nc3c(F)c(Br)c(C(F)(F)F)cc23)C1. The normalized spacial score (nSPS) is 25.0. The van der Waals surface area contributed by atoms with Crippen LogP contribution in [0.25, 0.3) is 10.9 Å². The van der Waals surface area contributed by atoms with E-state index in [1.54, 1.807) is 11.8 Å². The lowest BCUT2D eigenvalue weighted by Gasteiger charge is -2.32. The lowest BCUT2D eigenvalue weighted by Crippen LogP contribution is -2.42. The van der Waals surface area contributed by atoms with Gasteiger partial charge in [-0.15, -0.1) is 0 Å². The van der Waals surface area contributed by atoms with E-state index < -0.39 is 33.8 Å². The minimum absolute atomic E-state index is 0.00600. The summed E-state index contributed by atoms with van der Waals surface area (Å²) >= 11 is 2.75. The number of ether oxygens (including phenoxy) is 2. The van der Waals surface area contributed by atoms with Gasteiger partial charge >= 0.3 is 12.2 Å². The van der Waals surface area contributed by atoms with E-state index in [4.69, 9.17) is 9.47 Å². The zero-order valence-electron chi connectivity index (χ0n) is 21.0. The van der Waals surface area contributed by atoms with Crippen LogP contribution in [0.15, 0.2) is 10.5 Å². The zero-order valence-corrected chi connectivity index (χ0v) is 22.5. The number of halogens is 6. The Hall–Kier alpha value is -1.83. The van der Waals surface area contributed by atoms with Crippen LogP contribution in [0.3, 0.4) is 0 Å². The number of alkyl halides is 4. The van der Waals surface area contributed by atoms with Crippen molar-refractivity contribution in [3.05, 3.63) is 21.9 Å². The molecule has 7 nitrogen and oxygen atoms in total. The van der Waals surface area contributed by atoms with Gasteiger partial charge < -0.3 is 24.4 Å². The third-order valence-corrected chi connectivity index (χ3v) is 8.20. The number of aromatic nitrogens is 2. The molecule has 210 valence electrons. The van der Waals surface area contributed by atoms with E-state index in [-0.39, 0.29) is 61.1 Å². The van der Waals surface area contributed by atoms with Gasteiger partial charge in [-0.25, -0.2) is 8.78 Å². The van der Waals surface area contributed by atoms with Gasteiger partial charge in [-0.1, -0.05) is 0 Å². The Balaban J connectivity index is 1.48. The summed E-state index contributed by atoms with van der Waals surface area (Å²) in [5.74, 6) is -1.14. The van der Waals surface area contributed by atoms with E-state index in [0.717, 1.165) is 25.5 Å². The average Bonchev–Trinajstić information content (AvgIpc) is 3.64. The minimum atomic E-state index is -4.82. The smallest absolute Gasteiger partial charge is 0.417 e. The van der Waals surface area contributed by atoms with Crippen LogP contribution in [0, 0.1) is 11.2 Å². The first-order valence-corrected chi connectivity index (χ1v) is 13.5. The van der Waals surface area contributed by atoms with Crippen molar-refractivity contribution in [3.63, 3.8) is 0 Å². The molecule has 0 amide bonds. The molecule has 1 aliphatic carbocycles. The number of fused-ring (bicyclic) bond motifs is 1. The maximum atomic E-state index is 15.4. The molecule has 2 aliphatic heterocycles. The molecule has 1 N–H and O–H groups in total. The van der Waals surface area contributed by atoms with E-state index in [0.29, 0.717) is 25.9 Å². The van der Waals surface area contributed by atoms with Crippen molar-refractivity contribution in [2.24, 2.45) is 5.41 Å². The van der Waals surface area contributed by atoms with E-state index in [1.807, 2.05) is 0 Å². The average molecular weight is 609 g/mol. The number of β-amino-alcohol motifs (C(OH)–C–C–N with tert-alkyl or cyclic N) is 1. The van der Waals surface area contributed by atoms with Crippen LogP contribution in [0.4, 0.5) is 27.8 Å². The zero-order chi connectivity index (χ0) is 27.3. The Morgan fingerprint density at radius 2 is 1.92 bits per heavy atom. The van der Waals surface area contributed by atoms with E-state index in [9.17, 15) is 22.7 Å². The molecule has 1 aromatic heterocycles. The van der Waals surface area contributed by atoms with Crippen molar-refractivity contribution in [2.45, 2.75) is 50.6 Å². The number of hydrogen-bond donors (Lipinski definition) is 1. The number of nitrogens with zero attached hydrogens (tertiary/aromatic N) is 4. The first kappa shape index (κ1) is 27.7. The Labute approximate surface area is 225 Å². The highest BCUT2D eigenvalue weighted by atomic mass is 79.9. The monoisotopic (exact) mass is 608 g/mol. The van der Waals surface area contributed by atoms with Crippen LogP contribution in [-0.4, -0.2) is 84.3 Å². The molecule has 5 rings (SSSR count). The van der Waals surface area contributed by atoms with Gasteiger partial charge in [0, 0.05) is 37.0 Å². The molecule has 2 saturated heterocycles.